The number of allylic oxidation sites excluding steroid dienone is 1. The van der Waals surface area contributed by atoms with Crippen molar-refractivity contribution in [3.05, 3.63) is 60.2 Å². The highest BCUT2D eigenvalue weighted by molar-refractivity contribution is 5.92. The van der Waals surface area contributed by atoms with Crippen molar-refractivity contribution in [2.75, 3.05) is 31.1 Å². The summed E-state index contributed by atoms with van der Waals surface area (Å²) in [5, 5.41) is 11.2. The second-order valence-corrected chi connectivity index (χ2v) is 8.62. The molecule has 1 aliphatic rings. The number of piperazine rings is 1. The number of aryl methyl sites for hydroxylation is 1. The Bertz CT molecular complexity index is 1180. The van der Waals surface area contributed by atoms with Crippen LogP contribution in [0.5, 0.6) is 5.75 Å². The van der Waals surface area contributed by atoms with Crippen LogP contribution in [0.25, 0.3) is 22.3 Å². The highest BCUT2D eigenvalue weighted by Gasteiger charge is 2.24. The van der Waals surface area contributed by atoms with Crippen LogP contribution in [0.1, 0.15) is 19.4 Å². The number of amides is 1. The maximum Gasteiger partial charge on any atom is 0.246 e. The standard InChI is InChI=1S/C25H27FN4O2/c1-17-8-9-18-20(16-17)27-23(19-6-4-5-7-21(19)31)28-24(18)30-14-12-29(13-15-30)22(32)10-11-25(2,3)26/h4-11,16,31H,12-15H2,1-3H3/b11-10+. The van der Waals surface area contributed by atoms with Gasteiger partial charge in [0.2, 0.25) is 5.91 Å². The molecule has 32 heavy (non-hydrogen) atoms. The highest BCUT2D eigenvalue weighted by atomic mass is 19.1. The molecule has 1 aromatic heterocycles. The van der Waals surface area contributed by atoms with E-state index >= 15 is 0 Å². The average molecular weight is 435 g/mol. The summed E-state index contributed by atoms with van der Waals surface area (Å²) < 4.78 is 13.7. The minimum atomic E-state index is -1.52. The highest BCUT2D eigenvalue weighted by Crippen LogP contribution is 2.32. The first-order valence-electron chi connectivity index (χ1n) is 10.7. The molecular formula is C25H27FN4O2. The smallest absolute Gasteiger partial charge is 0.246 e. The molecule has 3 aromatic rings. The molecule has 1 N–H and O–H groups in total. The van der Waals surface area contributed by atoms with Gasteiger partial charge < -0.3 is 14.9 Å². The van der Waals surface area contributed by atoms with Crippen LogP contribution in [-0.2, 0) is 4.79 Å². The van der Waals surface area contributed by atoms with Gasteiger partial charge >= 0.3 is 0 Å². The van der Waals surface area contributed by atoms with E-state index in [1.54, 1.807) is 23.1 Å². The van der Waals surface area contributed by atoms with Crippen molar-refractivity contribution in [2.24, 2.45) is 0 Å². The zero-order valence-electron chi connectivity index (χ0n) is 18.5. The van der Waals surface area contributed by atoms with E-state index in [1.807, 2.05) is 31.2 Å². The zero-order valence-corrected chi connectivity index (χ0v) is 18.5. The molecule has 1 aliphatic heterocycles. The number of phenolic OH excluding ortho intramolecular Hbond substituents is 1. The van der Waals surface area contributed by atoms with Crippen LogP contribution in [0.15, 0.2) is 54.6 Å². The second kappa shape index (κ2) is 8.57. The number of phenols is 1. The zero-order chi connectivity index (χ0) is 22.9. The van der Waals surface area contributed by atoms with Crippen molar-refractivity contribution in [2.45, 2.75) is 26.4 Å². The van der Waals surface area contributed by atoms with E-state index < -0.39 is 5.67 Å². The van der Waals surface area contributed by atoms with Crippen molar-refractivity contribution < 1.29 is 14.3 Å². The molecule has 0 atom stereocenters. The number of para-hydroxylation sites is 1. The average Bonchev–Trinajstić information content (AvgIpc) is 2.76. The maximum atomic E-state index is 13.7. The lowest BCUT2D eigenvalue weighted by Gasteiger charge is -2.35. The largest absolute Gasteiger partial charge is 0.507 e. The van der Waals surface area contributed by atoms with Gasteiger partial charge in [-0.3, -0.25) is 4.79 Å². The molecule has 1 saturated heterocycles. The van der Waals surface area contributed by atoms with Gasteiger partial charge in [0.05, 0.1) is 11.1 Å². The fraction of sp³-hybridized carbons (Fsp3) is 0.320. The molecule has 4 rings (SSSR count). The Morgan fingerprint density at radius 3 is 2.50 bits per heavy atom. The van der Waals surface area contributed by atoms with Crippen molar-refractivity contribution in [3.8, 4) is 17.1 Å². The molecule has 1 amide bonds. The van der Waals surface area contributed by atoms with Gasteiger partial charge in [-0.1, -0.05) is 18.2 Å². The molecule has 7 heteroatoms. The van der Waals surface area contributed by atoms with E-state index in [2.05, 4.69) is 4.90 Å². The van der Waals surface area contributed by atoms with E-state index in [9.17, 15) is 14.3 Å². The van der Waals surface area contributed by atoms with Crippen molar-refractivity contribution in [1.82, 2.24) is 14.9 Å². The molecule has 166 valence electrons. The lowest BCUT2D eigenvalue weighted by molar-refractivity contribution is -0.126. The van der Waals surface area contributed by atoms with Crippen LogP contribution < -0.4 is 4.90 Å². The van der Waals surface area contributed by atoms with Gasteiger partial charge in [0.15, 0.2) is 5.82 Å². The second-order valence-electron chi connectivity index (χ2n) is 8.62. The fourth-order valence-electron chi connectivity index (χ4n) is 3.76. The van der Waals surface area contributed by atoms with Gasteiger partial charge in [0.1, 0.15) is 17.2 Å². The molecule has 0 spiro atoms. The van der Waals surface area contributed by atoms with Gasteiger partial charge in [0.25, 0.3) is 0 Å². The van der Waals surface area contributed by atoms with Gasteiger partial charge in [-0.2, -0.15) is 0 Å². The first-order chi connectivity index (χ1) is 15.2. The van der Waals surface area contributed by atoms with Gasteiger partial charge in [-0.05, 0) is 56.7 Å². The molecule has 2 aromatic carbocycles. The number of rotatable bonds is 4. The van der Waals surface area contributed by atoms with Crippen LogP contribution in [0.3, 0.4) is 0 Å². The monoisotopic (exact) mass is 434 g/mol. The number of hydrogen-bond acceptors (Lipinski definition) is 5. The molecule has 0 aliphatic carbocycles. The number of aromatic nitrogens is 2. The number of hydrogen-bond donors (Lipinski definition) is 1. The maximum absolute atomic E-state index is 13.7. The molecule has 0 radical (unpaired) electrons. The third-order valence-electron chi connectivity index (χ3n) is 5.49. The minimum Gasteiger partial charge on any atom is -0.507 e. The Hall–Kier alpha value is -3.48. The van der Waals surface area contributed by atoms with E-state index in [0.29, 0.717) is 37.6 Å². The normalized spacial score (nSPS) is 15.0. The van der Waals surface area contributed by atoms with Gasteiger partial charge in [0, 0.05) is 37.6 Å². The summed E-state index contributed by atoms with van der Waals surface area (Å²) in [6.45, 7) is 7.06. The van der Waals surface area contributed by atoms with Crippen LogP contribution in [-0.4, -0.2) is 57.7 Å². The number of carbonyl (C=O) groups excluding carboxylic acids is 1. The Kier molecular flexibility index (Phi) is 5.82. The summed E-state index contributed by atoms with van der Waals surface area (Å²) in [4.78, 5) is 25.8. The first-order valence-corrected chi connectivity index (χ1v) is 10.7. The first kappa shape index (κ1) is 21.7. The summed E-state index contributed by atoms with van der Waals surface area (Å²) in [6.07, 6.45) is 2.61. The molecular weight excluding hydrogens is 407 g/mol. The van der Waals surface area contributed by atoms with Crippen LogP contribution in [0, 0.1) is 6.92 Å². The summed E-state index contributed by atoms with van der Waals surface area (Å²) >= 11 is 0. The quantitative estimate of drug-likeness (QED) is 0.622. The van der Waals surface area contributed by atoms with E-state index in [4.69, 9.17) is 9.97 Å². The third kappa shape index (κ3) is 4.72. The van der Waals surface area contributed by atoms with E-state index in [-0.39, 0.29) is 11.7 Å². The Labute approximate surface area is 187 Å². The Balaban J connectivity index is 1.64. The summed E-state index contributed by atoms with van der Waals surface area (Å²) in [5.74, 6) is 1.18. The lowest BCUT2D eigenvalue weighted by Crippen LogP contribution is -2.48. The molecule has 2 heterocycles. The number of benzene rings is 2. The number of halogens is 1. The van der Waals surface area contributed by atoms with Gasteiger partial charge in [-0.15, -0.1) is 0 Å². The Morgan fingerprint density at radius 2 is 1.81 bits per heavy atom. The molecule has 1 fully saturated rings. The number of aromatic hydroxyl groups is 1. The number of alkyl halides is 1. The third-order valence-corrected chi connectivity index (χ3v) is 5.49. The number of fused-ring (bicyclic) bond motifs is 1. The van der Waals surface area contributed by atoms with Crippen LogP contribution in [0.4, 0.5) is 10.2 Å². The van der Waals surface area contributed by atoms with Gasteiger partial charge in [-0.25, -0.2) is 14.4 Å². The fourth-order valence-corrected chi connectivity index (χ4v) is 3.76. The van der Waals surface area contributed by atoms with Crippen molar-refractivity contribution in [1.29, 1.82) is 0 Å². The van der Waals surface area contributed by atoms with Crippen LogP contribution in [0.2, 0.25) is 0 Å². The lowest BCUT2D eigenvalue weighted by atomic mass is 10.1. The predicted octanol–water partition coefficient (Wildman–Crippen LogP) is 4.26. The topological polar surface area (TPSA) is 69.6 Å². The van der Waals surface area contributed by atoms with E-state index in [0.717, 1.165) is 22.3 Å². The molecule has 0 unspecified atom stereocenters. The summed E-state index contributed by atoms with van der Waals surface area (Å²) in [7, 11) is 0. The number of anilines is 1. The summed E-state index contributed by atoms with van der Waals surface area (Å²) in [5.41, 5.74) is 0.947. The van der Waals surface area contributed by atoms with Crippen molar-refractivity contribution >= 4 is 22.6 Å². The van der Waals surface area contributed by atoms with Crippen LogP contribution >= 0.6 is 0 Å². The molecule has 0 bridgehead atoms. The predicted molar refractivity (Wildman–Crippen MR) is 124 cm³/mol. The summed E-state index contributed by atoms with van der Waals surface area (Å²) in [6, 6.07) is 13.1. The molecule has 6 nitrogen and oxygen atoms in total. The van der Waals surface area contributed by atoms with E-state index in [1.165, 1.54) is 26.0 Å². The number of carbonyl (C=O) groups is 1. The molecule has 0 saturated carbocycles. The van der Waals surface area contributed by atoms with Crippen molar-refractivity contribution in [3.63, 3.8) is 0 Å². The Morgan fingerprint density at radius 1 is 1.09 bits per heavy atom. The minimum absolute atomic E-state index is 0.128. The number of nitrogens with zero attached hydrogens (tertiary/aromatic N) is 4. The SMILES string of the molecule is Cc1ccc2c(N3CCN(C(=O)/C=C/C(C)(C)F)CC3)nc(-c3ccccc3O)nc2c1.